The Hall–Kier alpha value is -2.09. The number of carbonyl (C=O) groups excluding carboxylic acids is 1. The number of ether oxygens (including phenoxy) is 2. The monoisotopic (exact) mass is 309 g/mol. The summed E-state index contributed by atoms with van der Waals surface area (Å²) in [5, 5.41) is 8.21. The van der Waals surface area contributed by atoms with Gasteiger partial charge in [0.15, 0.2) is 5.75 Å². The van der Waals surface area contributed by atoms with Crippen LogP contribution in [-0.4, -0.2) is 33.9 Å². The van der Waals surface area contributed by atoms with Crippen molar-refractivity contribution >= 4 is 17.7 Å². The van der Waals surface area contributed by atoms with E-state index in [9.17, 15) is 4.79 Å². The zero-order chi connectivity index (χ0) is 15.2. The van der Waals surface area contributed by atoms with Crippen LogP contribution in [0.1, 0.15) is 31.5 Å². The first-order valence-corrected chi connectivity index (χ1v) is 7.22. The van der Waals surface area contributed by atoms with Gasteiger partial charge >= 0.3 is 11.9 Å². The molecule has 0 N–H and O–H groups in total. The lowest BCUT2D eigenvalue weighted by Gasteiger charge is -2.11. The van der Waals surface area contributed by atoms with Crippen molar-refractivity contribution in [3.05, 3.63) is 24.2 Å². The molecule has 0 aliphatic heterocycles. The Morgan fingerprint density at radius 1 is 1.43 bits per heavy atom. The number of carbonyl (C=O) groups is 1. The van der Waals surface area contributed by atoms with E-state index in [1.54, 1.807) is 25.3 Å². The summed E-state index contributed by atoms with van der Waals surface area (Å²) in [7, 11) is 0. The largest absolute Gasteiger partial charge is 0.488 e. The minimum atomic E-state index is -0.642. The fourth-order valence-electron chi connectivity index (χ4n) is 1.41. The zero-order valence-corrected chi connectivity index (χ0v) is 12.7. The molecule has 0 atom stereocenters. The fraction of sp³-hybridized carbons (Fsp3) is 0.385. The van der Waals surface area contributed by atoms with Crippen LogP contribution in [0.3, 0.4) is 0 Å². The molecule has 2 aromatic rings. The summed E-state index contributed by atoms with van der Waals surface area (Å²) in [6.45, 7) is 5.80. The highest BCUT2D eigenvalue weighted by Gasteiger charge is 2.18. The van der Waals surface area contributed by atoms with Crippen molar-refractivity contribution in [2.24, 2.45) is 0 Å². The summed E-state index contributed by atoms with van der Waals surface area (Å²) in [6, 6.07) is 3.58. The van der Waals surface area contributed by atoms with E-state index >= 15 is 0 Å². The van der Waals surface area contributed by atoms with Crippen molar-refractivity contribution in [2.75, 3.05) is 6.61 Å². The topological polar surface area (TPSA) is 87.3 Å². The van der Waals surface area contributed by atoms with Crippen LogP contribution < -0.4 is 4.74 Å². The Morgan fingerprint density at radius 3 is 2.95 bits per heavy atom. The van der Waals surface area contributed by atoms with E-state index in [-0.39, 0.29) is 23.8 Å². The Bertz CT molecular complexity index is 615. The van der Waals surface area contributed by atoms with Crippen LogP contribution >= 0.6 is 11.8 Å². The number of nitrogens with zero attached hydrogens (tertiary/aromatic N) is 3. The molecule has 0 aliphatic rings. The summed E-state index contributed by atoms with van der Waals surface area (Å²) < 4.78 is 15.7. The van der Waals surface area contributed by atoms with Gasteiger partial charge in [0, 0.05) is 6.20 Å². The maximum Gasteiger partial charge on any atom is 0.396 e. The summed E-state index contributed by atoms with van der Waals surface area (Å²) >= 11 is 1.13. The molecule has 2 aromatic heterocycles. The molecule has 0 spiro atoms. The average Bonchev–Trinajstić information content (AvgIpc) is 2.89. The van der Waals surface area contributed by atoms with Crippen LogP contribution in [0.25, 0.3) is 0 Å². The lowest BCUT2D eigenvalue weighted by atomic mass is 10.4. The number of rotatable bonds is 6. The first-order valence-electron chi connectivity index (χ1n) is 6.40. The molecule has 7 nitrogen and oxygen atoms in total. The second kappa shape index (κ2) is 7.07. The van der Waals surface area contributed by atoms with Crippen LogP contribution in [0.5, 0.6) is 5.75 Å². The number of aromatic nitrogens is 3. The van der Waals surface area contributed by atoms with Gasteiger partial charge in [-0.15, -0.1) is 5.10 Å². The normalized spacial score (nSPS) is 10.7. The molecule has 0 fully saturated rings. The van der Waals surface area contributed by atoms with Gasteiger partial charge in [0.25, 0.3) is 5.22 Å². The molecule has 112 valence electrons. The van der Waals surface area contributed by atoms with Crippen molar-refractivity contribution < 1.29 is 18.7 Å². The zero-order valence-electron chi connectivity index (χ0n) is 11.9. The average molecular weight is 309 g/mol. The molecule has 0 saturated carbocycles. The van der Waals surface area contributed by atoms with E-state index in [1.807, 2.05) is 13.8 Å². The summed E-state index contributed by atoms with van der Waals surface area (Å²) in [5.41, 5.74) is 0. The molecule has 0 saturated heterocycles. The lowest BCUT2D eigenvalue weighted by molar-refractivity contribution is 0.0475. The number of hydrogen-bond acceptors (Lipinski definition) is 8. The summed E-state index contributed by atoms with van der Waals surface area (Å²) in [4.78, 5) is 15.7. The van der Waals surface area contributed by atoms with Gasteiger partial charge in [-0.2, -0.15) is 0 Å². The Labute approximate surface area is 126 Å². The molecule has 21 heavy (non-hydrogen) atoms. The number of hydrogen-bond donors (Lipinski definition) is 0. The first-order chi connectivity index (χ1) is 10.1. The SMILES string of the molecule is CCOC(=O)c1nnc(Sc2ncccc2OC(C)C)o1. The first kappa shape index (κ1) is 15.3. The van der Waals surface area contributed by atoms with Crippen molar-refractivity contribution in [2.45, 2.75) is 37.1 Å². The highest BCUT2D eigenvalue weighted by Crippen LogP contribution is 2.32. The Morgan fingerprint density at radius 2 is 2.24 bits per heavy atom. The third-order valence-electron chi connectivity index (χ3n) is 2.14. The quantitative estimate of drug-likeness (QED) is 0.752. The predicted octanol–water partition coefficient (Wildman–Crippen LogP) is 2.58. The van der Waals surface area contributed by atoms with Gasteiger partial charge in [-0.25, -0.2) is 9.78 Å². The third-order valence-corrected chi connectivity index (χ3v) is 2.98. The van der Waals surface area contributed by atoms with Crippen LogP contribution in [-0.2, 0) is 4.74 Å². The molecule has 0 unspecified atom stereocenters. The molecule has 0 aromatic carbocycles. The molecule has 0 amide bonds. The lowest BCUT2D eigenvalue weighted by Crippen LogP contribution is -2.06. The van der Waals surface area contributed by atoms with Crippen molar-refractivity contribution in [1.82, 2.24) is 15.2 Å². The predicted molar refractivity (Wildman–Crippen MR) is 74.4 cm³/mol. The molecular weight excluding hydrogens is 294 g/mol. The molecule has 0 aliphatic carbocycles. The molecule has 2 heterocycles. The second-order valence-corrected chi connectivity index (χ2v) is 5.11. The van der Waals surface area contributed by atoms with E-state index in [4.69, 9.17) is 13.9 Å². The smallest absolute Gasteiger partial charge is 0.396 e. The van der Waals surface area contributed by atoms with E-state index in [0.29, 0.717) is 10.8 Å². The molecule has 0 radical (unpaired) electrons. The Kier molecular flexibility index (Phi) is 5.15. The van der Waals surface area contributed by atoms with Gasteiger partial charge in [0.2, 0.25) is 0 Å². The Balaban J connectivity index is 2.13. The molecule has 2 rings (SSSR count). The fourth-order valence-corrected chi connectivity index (χ4v) is 2.10. The van der Waals surface area contributed by atoms with E-state index in [1.165, 1.54) is 0 Å². The minimum absolute atomic E-state index is 0.0197. The maximum atomic E-state index is 11.5. The van der Waals surface area contributed by atoms with Crippen LogP contribution in [0.15, 0.2) is 33.0 Å². The standard InChI is InChI=1S/C13H15N3O4S/c1-4-18-12(17)10-15-16-13(20-10)21-11-9(19-8(2)3)6-5-7-14-11/h5-8H,4H2,1-3H3. The maximum absolute atomic E-state index is 11.5. The van der Waals surface area contributed by atoms with Crippen LogP contribution in [0, 0.1) is 0 Å². The third kappa shape index (κ3) is 4.19. The van der Waals surface area contributed by atoms with Crippen molar-refractivity contribution in [1.29, 1.82) is 0 Å². The summed E-state index contributed by atoms with van der Waals surface area (Å²) in [5.74, 6) is -0.202. The highest BCUT2D eigenvalue weighted by atomic mass is 32.2. The van der Waals surface area contributed by atoms with Gasteiger partial charge in [-0.1, -0.05) is 5.10 Å². The van der Waals surface area contributed by atoms with E-state index in [0.717, 1.165) is 11.8 Å². The van der Waals surface area contributed by atoms with Gasteiger partial charge in [-0.05, 0) is 44.7 Å². The van der Waals surface area contributed by atoms with Crippen LogP contribution in [0.4, 0.5) is 0 Å². The minimum Gasteiger partial charge on any atom is -0.488 e. The van der Waals surface area contributed by atoms with Crippen molar-refractivity contribution in [3.63, 3.8) is 0 Å². The van der Waals surface area contributed by atoms with E-state index in [2.05, 4.69) is 15.2 Å². The van der Waals surface area contributed by atoms with Gasteiger partial charge < -0.3 is 13.9 Å². The second-order valence-electron chi connectivity index (χ2n) is 4.17. The number of esters is 1. The molecule has 8 heteroatoms. The summed E-state index contributed by atoms with van der Waals surface area (Å²) in [6.07, 6.45) is 1.66. The molecule has 0 bridgehead atoms. The van der Waals surface area contributed by atoms with Crippen molar-refractivity contribution in [3.8, 4) is 5.75 Å². The molecular formula is C13H15N3O4S. The van der Waals surface area contributed by atoms with Gasteiger partial charge in [0.05, 0.1) is 12.7 Å². The van der Waals surface area contributed by atoms with Gasteiger partial charge in [0.1, 0.15) is 5.03 Å². The van der Waals surface area contributed by atoms with Crippen LogP contribution in [0.2, 0.25) is 0 Å². The number of pyridine rings is 1. The van der Waals surface area contributed by atoms with E-state index < -0.39 is 5.97 Å². The van der Waals surface area contributed by atoms with Gasteiger partial charge in [-0.3, -0.25) is 0 Å². The highest BCUT2D eigenvalue weighted by molar-refractivity contribution is 7.99.